The normalized spacial score (nSPS) is 17.9. The molecule has 170 valence electrons. The lowest BCUT2D eigenvalue weighted by Gasteiger charge is -2.39. The van der Waals surface area contributed by atoms with E-state index < -0.39 is 23.6 Å². The first kappa shape index (κ1) is 21.6. The lowest BCUT2D eigenvalue weighted by molar-refractivity contribution is -0.128. The standard InChI is InChI=1S/C22H17ClF2N4O3S/c1-2-15(30)28-5-6-29-10(8-28)9-32-19-12(21(29)31)7-14(25)16(17(19)23)11-3-4-13(24)20-18(11)27-22(26)33-20/h2-4,7,10H,1,5-6,8-9H2,(H2,26,27). The molecular weight excluding hydrogens is 474 g/mol. The molecule has 1 saturated heterocycles. The highest BCUT2D eigenvalue weighted by Crippen LogP contribution is 2.45. The Morgan fingerprint density at radius 3 is 2.85 bits per heavy atom. The molecule has 3 aromatic rings. The molecule has 7 nitrogen and oxygen atoms in total. The lowest BCUT2D eigenvalue weighted by Crippen LogP contribution is -2.57. The molecule has 2 aliphatic rings. The number of nitrogens with two attached hydrogens (primary N) is 1. The number of piperazine rings is 1. The molecule has 2 aromatic carbocycles. The van der Waals surface area contributed by atoms with E-state index in [1.807, 2.05) is 0 Å². The van der Waals surface area contributed by atoms with E-state index in [4.69, 9.17) is 22.1 Å². The number of thiazole rings is 1. The molecule has 0 bridgehead atoms. The predicted octanol–water partition coefficient (Wildman–Crippen LogP) is 3.71. The van der Waals surface area contributed by atoms with Crippen LogP contribution in [0.4, 0.5) is 13.9 Å². The van der Waals surface area contributed by atoms with Crippen LogP contribution >= 0.6 is 22.9 Å². The minimum absolute atomic E-state index is 0.0107. The maximum atomic E-state index is 15.4. The molecule has 2 aliphatic heterocycles. The fraction of sp³-hybridized carbons (Fsp3) is 0.227. The summed E-state index contributed by atoms with van der Waals surface area (Å²) in [5.41, 5.74) is 6.10. The van der Waals surface area contributed by atoms with Crippen LogP contribution in [-0.2, 0) is 4.79 Å². The van der Waals surface area contributed by atoms with Crippen LogP contribution in [0.25, 0.3) is 21.3 Å². The minimum atomic E-state index is -0.769. The Labute approximate surface area is 196 Å². The van der Waals surface area contributed by atoms with Gasteiger partial charge >= 0.3 is 0 Å². The van der Waals surface area contributed by atoms with Crippen molar-refractivity contribution in [1.29, 1.82) is 0 Å². The van der Waals surface area contributed by atoms with Crippen LogP contribution in [0.2, 0.25) is 5.02 Å². The molecule has 1 aromatic heterocycles. The molecule has 1 unspecified atom stereocenters. The summed E-state index contributed by atoms with van der Waals surface area (Å²) in [7, 11) is 0. The minimum Gasteiger partial charge on any atom is -0.489 e. The molecule has 0 saturated carbocycles. The van der Waals surface area contributed by atoms with E-state index in [1.165, 1.54) is 18.2 Å². The average molecular weight is 491 g/mol. The number of nitrogens with zero attached hydrogens (tertiary/aromatic N) is 3. The van der Waals surface area contributed by atoms with E-state index in [2.05, 4.69) is 11.6 Å². The Hall–Kier alpha value is -3.24. The number of ether oxygens (including phenoxy) is 1. The highest BCUT2D eigenvalue weighted by molar-refractivity contribution is 7.22. The molecule has 2 amide bonds. The summed E-state index contributed by atoms with van der Waals surface area (Å²) in [5, 5.41) is 0.0151. The summed E-state index contributed by atoms with van der Waals surface area (Å²) in [4.78, 5) is 32.5. The molecule has 1 fully saturated rings. The van der Waals surface area contributed by atoms with Gasteiger partial charge in [0.05, 0.1) is 26.8 Å². The van der Waals surface area contributed by atoms with Crippen LogP contribution in [0.3, 0.4) is 0 Å². The van der Waals surface area contributed by atoms with Crippen LogP contribution in [0.1, 0.15) is 10.4 Å². The van der Waals surface area contributed by atoms with E-state index in [9.17, 15) is 14.0 Å². The van der Waals surface area contributed by atoms with Gasteiger partial charge in [-0.3, -0.25) is 9.59 Å². The van der Waals surface area contributed by atoms with Crippen LogP contribution < -0.4 is 10.5 Å². The van der Waals surface area contributed by atoms with E-state index >= 15 is 4.39 Å². The first-order valence-corrected chi connectivity index (χ1v) is 11.2. The number of carbonyl (C=O) groups is 2. The maximum Gasteiger partial charge on any atom is 0.258 e. The molecule has 0 radical (unpaired) electrons. The van der Waals surface area contributed by atoms with Crippen LogP contribution in [0.15, 0.2) is 30.9 Å². The fourth-order valence-corrected chi connectivity index (χ4v) is 5.38. The van der Waals surface area contributed by atoms with Crippen molar-refractivity contribution in [1.82, 2.24) is 14.8 Å². The summed E-state index contributed by atoms with van der Waals surface area (Å²) in [5.74, 6) is -1.94. The number of aromatic nitrogens is 1. The SMILES string of the molecule is C=CC(=O)N1CCN2C(=O)c3cc(F)c(-c4ccc(F)c5sc(N)nc45)c(Cl)c3OCC2C1. The summed E-state index contributed by atoms with van der Waals surface area (Å²) in [6.45, 7) is 4.41. The van der Waals surface area contributed by atoms with Crippen LogP contribution in [0.5, 0.6) is 5.75 Å². The van der Waals surface area contributed by atoms with Crippen molar-refractivity contribution in [3.05, 3.63) is 53.1 Å². The third-order valence-corrected chi connectivity index (χ3v) is 7.09. The second-order valence-corrected chi connectivity index (χ2v) is 9.11. The number of carbonyl (C=O) groups excluding carboxylic acids is 2. The highest BCUT2D eigenvalue weighted by atomic mass is 35.5. The fourth-order valence-electron chi connectivity index (χ4n) is 4.27. The predicted molar refractivity (Wildman–Crippen MR) is 121 cm³/mol. The van der Waals surface area contributed by atoms with E-state index in [-0.39, 0.29) is 68.4 Å². The third kappa shape index (κ3) is 3.41. The summed E-state index contributed by atoms with van der Waals surface area (Å²) in [6.07, 6.45) is 1.22. The third-order valence-electron chi connectivity index (χ3n) is 5.84. The summed E-state index contributed by atoms with van der Waals surface area (Å²) < 4.78 is 35.7. The van der Waals surface area contributed by atoms with Gasteiger partial charge in [0.2, 0.25) is 5.91 Å². The number of benzene rings is 2. The molecule has 0 spiro atoms. The van der Waals surface area contributed by atoms with E-state index in [0.29, 0.717) is 6.54 Å². The molecule has 11 heteroatoms. The van der Waals surface area contributed by atoms with Crippen LogP contribution in [-0.4, -0.2) is 58.9 Å². The maximum absolute atomic E-state index is 15.4. The Morgan fingerprint density at radius 1 is 1.30 bits per heavy atom. The molecule has 1 atom stereocenters. The second kappa shape index (κ2) is 7.96. The van der Waals surface area contributed by atoms with Crippen molar-refractivity contribution in [2.75, 3.05) is 32.0 Å². The van der Waals surface area contributed by atoms with Crippen molar-refractivity contribution in [2.45, 2.75) is 6.04 Å². The van der Waals surface area contributed by atoms with Gasteiger partial charge in [-0.2, -0.15) is 0 Å². The molecular formula is C22H17ClF2N4O3S. The van der Waals surface area contributed by atoms with Gasteiger partial charge in [0.25, 0.3) is 5.91 Å². The second-order valence-electron chi connectivity index (χ2n) is 7.70. The zero-order valence-electron chi connectivity index (χ0n) is 17.1. The van der Waals surface area contributed by atoms with Gasteiger partial charge in [-0.05, 0) is 24.3 Å². The molecule has 33 heavy (non-hydrogen) atoms. The number of anilines is 1. The van der Waals surface area contributed by atoms with Gasteiger partial charge in [-0.15, -0.1) is 0 Å². The van der Waals surface area contributed by atoms with Gasteiger partial charge in [0.15, 0.2) is 10.9 Å². The number of fused-ring (bicyclic) bond motifs is 3. The summed E-state index contributed by atoms with van der Waals surface area (Å²) >= 11 is 7.53. The van der Waals surface area contributed by atoms with Crippen molar-refractivity contribution in [2.24, 2.45) is 0 Å². The van der Waals surface area contributed by atoms with E-state index in [0.717, 1.165) is 17.4 Å². The Morgan fingerprint density at radius 2 is 2.09 bits per heavy atom. The Bertz CT molecular complexity index is 1350. The zero-order chi connectivity index (χ0) is 23.4. The Balaban J connectivity index is 1.60. The van der Waals surface area contributed by atoms with Crippen molar-refractivity contribution >= 4 is 50.1 Å². The molecule has 3 heterocycles. The lowest BCUT2D eigenvalue weighted by atomic mass is 10.00. The number of hydrogen-bond acceptors (Lipinski definition) is 6. The smallest absolute Gasteiger partial charge is 0.258 e. The average Bonchev–Trinajstić information content (AvgIpc) is 3.14. The number of halogens is 3. The van der Waals surface area contributed by atoms with Gasteiger partial charge in [0, 0.05) is 30.8 Å². The first-order valence-electron chi connectivity index (χ1n) is 10.0. The zero-order valence-corrected chi connectivity index (χ0v) is 18.7. The van der Waals surface area contributed by atoms with E-state index in [1.54, 1.807) is 9.80 Å². The number of amides is 2. The number of hydrogen-bond donors (Lipinski definition) is 1. The quantitative estimate of drug-likeness (QED) is 0.553. The summed E-state index contributed by atoms with van der Waals surface area (Å²) in [6, 6.07) is 3.21. The number of rotatable bonds is 2. The van der Waals surface area contributed by atoms with Gasteiger partial charge < -0.3 is 20.3 Å². The number of nitrogen functional groups attached to an aromatic ring is 1. The van der Waals surface area contributed by atoms with Gasteiger partial charge in [-0.1, -0.05) is 29.5 Å². The molecule has 5 rings (SSSR count). The van der Waals surface area contributed by atoms with Gasteiger partial charge in [-0.25, -0.2) is 13.8 Å². The molecule has 0 aliphatic carbocycles. The molecule has 2 N–H and O–H groups in total. The topological polar surface area (TPSA) is 88.8 Å². The Kier molecular flexibility index (Phi) is 5.21. The monoisotopic (exact) mass is 490 g/mol. The van der Waals surface area contributed by atoms with Crippen molar-refractivity contribution in [3.63, 3.8) is 0 Å². The van der Waals surface area contributed by atoms with Gasteiger partial charge in [0.1, 0.15) is 18.2 Å². The van der Waals surface area contributed by atoms with Crippen LogP contribution in [0, 0.1) is 11.6 Å². The highest BCUT2D eigenvalue weighted by Gasteiger charge is 2.38. The first-order chi connectivity index (χ1) is 15.8. The van der Waals surface area contributed by atoms with Crippen molar-refractivity contribution < 1.29 is 23.1 Å². The van der Waals surface area contributed by atoms with Crippen molar-refractivity contribution in [3.8, 4) is 16.9 Å². The largest absolute Gasteiger partial charge is 0.489 e.